The van der Waals surface area contributed by atoms with Crippen LogP contribution in [0.25, 0.3) is 0 Å². The highest BCUT2D eigenvalue weighted by atomic mass is 16.2. The number of anilines is 1. The first-order chi connectivity index (χ1) is 9.49. The van der Waals surface area contributed by atoms with Crippen LogP contribution in [0.15, 0.2) is 0 Å². The van der Waals surface area contributed by atoms with E-state index in [9.17, 15) is 4.79 Å². The zero-order valence-corrected chi connectivity index (χ0v) is 12.6. The molecule has 0 bridgehead atoms. The molecule has 0 spiro atoms. The molecule has 0 aliphatic carbocycles. The van der Waals surface area contributed by atoms with Crippen molar-refractivity contribution < 1.29 is 4.79 Å². The molecule has 0 radical (unpaired) electrons. The van der Waals surface area contributed by atoms with Gasteiger partial charge in [0.25, 0.3) is 0 Å². The maximum atomic E-state index is 12.2. The highest BCUT2D eigenvalue weighted by molar-refractivity contribution is 5.93. The third-order valence-electron chi connectivity index (χ3n) is 4.01. The van der Waals surface area contributed by atoms with Crippen molar-refractivity contribution in [3.63, 3.8) is 0 Å². The summed E-state index contributed by atoms with van der Waals surface area (Å²) in [5, 5.41) is 9.91. The Morgan fingerprint density at radius 1 is 1.55 bits per heavy atom. The molecule has 1 aliphatic rings. The lowest BCUT2D eigenvalue weighted by Gasteiger charge is -2.37. The van der Waals surface area contributed by atoms with Gasteiger partial charge in [0.1, 0.15) is 0 Å². The van der Waals surface area contributed by atoms with Gasteiger partial charge in [-0.15, -0.1) is 0 Å². The third-order valence-corrected chi connectivity index (χ3v) is 4.01. The van der Waals surface area contributed by atoms with Crippen LogP contribution in [0, 0.1) is 13.8 Å². The molecule has 1 aromatic rings. The lowest BCUT2D eigenvalue weighted by molar-refractivity contribution is -0.118. The summed E-state index contributed by atoms with van der Waals surface area (Å²) in [6.45, 7) is 7.15. The molecule has 1 aliphatic heterocycles. The van der Waals surface area contributed by atoms with E-state index in [2.05, 4.69) is 20.4 Å². The number of hydrogen-bond donors (Lipinski definition) is 3. The molecule has 4 N–H and O–H groups in total. The average Bonchev–Trinajstić information content (AvgIpc) is 2.71. The summed E-state index contributed by atoms with van der Waals surface area (Å²) in [5.41, 5.74) is 8.53. The second-order valence-corrected chi connectivity index (χ2v) is 5.75. The van der Waals surface area contributed by atoms with Gasteiger partial charge in [-0.3, -0.25) is 14.8 Å². The Kier molecular flexibility index (Phi) is 4.77. The first-order valence-corrected chi connectivity index (χ1v) is 7.30. The topological polar surface area (TPSA) is 87.0 Å². The Bertz CT molecular complexity index is 449. The van der Waals surface area contributed by atoms with Crippen molar-refractivity contribution in [1.29, 1.82) is 0 Å². The number of aryl methyl sites for hydroxylation is 2. The number of nitrogens with one attached hydrogen (secondary N) is 2. The second kappa shape index (κ2) is 6.37. The van der Waals surface area contributed by atoms with E-state index in [1.54, 1.807) is 0 Å². The first kappa shape index (κ1) is 15.0. The predicted octanol–water partition coefficient (Wildman–Crippen LogP) is 1.17. The summed E-state index contributed by atoms with van der Waals surface area (Å²) < 4.78 is 0. The van der Waals surface area contributed by atoms with Crippen LogP contribution in [0.3, 0.4) is 0 Å². The number of amides is 1. The Morgan fingerprint density at radius 2 is 2.30 bits per heavy atom. The van der Waals surface area contributed by atoms with Crippen LogP contribution in [-0.2, 0) is 4.79 Å². The van der Waals surface area contributed by atoms with Crippen molar-refractivity contribution in [2.24, 2.45) is 5.73 Å². The predicted molar refractivity (Wildman–Crippen MR) is 79.6 cm³/mol. The monoisotopic (exact) mass is 279 g/mol. The zero-order chi connectivity index (χ0) is 14.7. The number of aromatic amines is 1. The van der Waals surface area contributed by atoms with Gasteiger partial charge < -0.3 is 11.1 Å². The van der Waals surface area contributed by atoms with E-state index in [0.717, 1.165) is 36.5 Å². The van der Waals surface area contributed by atoms with Crippen molar-refractivity contribution in [3.8, 4) is 0 Å². The quantitative estimate of drug-likeness (QED) is 0.772. The minimum Gasteiger partial charge on any atom is -0.327 e. The standard InChI is InChI=1S/C14H25N5O/c1-9(15)12-6-4-5-7-19(12)8-13(20)16-14-10(2)17-18-11(14)3/h9,12H,4-8,15H2,1-3H3,(H,16,20)(H,17,18). The van der Waals surface area contributed by atoms with Crippen molar-refractivity contribution in [2.75, 3.05) is 18.4 Å². The van der Waals surface area contributed by atoms with Crippen LogP contribution in [0.5, 0.6) is 0 Å². The Balaban J connectivity index is 1.96. The van der Waals surface area contributed by atoms with E-state index in [1.165, 1.54) is 6.42 Å². The largest absolute Gasteiger partial charge is 0.327 e. The van der Waals surface area contributed by atoms with Crippen LogP contribution in [0.1, 0.15) is 37.6 Å². The number of rotatable bonds is 4. The van der Waals surface area contributed by atoms with E-state index in [0.29, 0.717) is 12.6 Å². The number of H-pyrrole nitrogens is 1. The number of piperidine rings is 1. The molecular formula is C14H25N5O. The summed E-state index contributed by atoms with van der Waals surface area (Å²) in [7, 11) is 0. The average molecular weight is 279 g/mol. The van der Waals surface area contributed by atoms with Crippen molar-refractivity contribution in [3.05, 3.63) is 11.4 Å². The zero-order valence-electron chi connectivity index (χ0n) is 12.6. The molecule has 1 aromatic heterocycles. The van der Waals surface area contributed by atoms with E-state index in [4.69, 9.17) is 5.73 Å². The fraction of sp³-hybridized carbons (Fsp3) is 0.714. The molecule has 1 amide bonds. The number of aromatic nitrogens is 2. The van der Waals surface area contributed by atoms with Crippen molar-refractivity contribution in [2.45, 2.75) is 52.1 Å². The normalized spacial score (nSPS) is 21.7. The lowest BCUT2D eigenvalue weighted by atomic mass is 9.97. The molecule has 1 fully saturated rings. The van der Waals surface area contributed by atoms with E-state index < -0.39 is 0 Å². The summed E-state index contributed by atoms with van der Waals surface area (Å²) in [5.74, 6) is 0.00477. The lowest BCUT2D eigenvalue weighted by Crippen LogP contribution is -2.51. The second-order valence-electron chi connectivity index (χ2n) is 5.75. The molecule has 0 aromatic carbocycles. The summed E-state index contributed by atoms with van der Waals surface area (Å²) >= 11 is 0. The van der Waals surface area contributed by atoms with Crippen molar-refractivity contribution >= 4 is 11.6 Å². The first-order valence-electron chi connectivity index (χ1n) is 7.30. The van der Waals surface area contributed by atoms with Gasteiger partial charge in [-0.05, 0) is 40.2 Å². The maximum absolute atomic E-state index is 12.2. The van der Waals surface area contributed by atoms with Gasteiger partial charge in [0.2, 0.25) is 5.91 Å². The molecule has 6 nitrogen and oxygen atoms in total. The number of likely N-dealkylation sites (tertiary alicyclic amines) is 1. The SMILES string of the molecule is Cc1n[nH]c(C)c1NC(=O)CN1CCCCC1C(C)N. The van der Waals surface area contributed by atoms with Crippen LogP contribution >= 0.6 is 0 Å². The third kappa shape index (κ3) is 3.37. The summed E-state index contributed by atoms with van der Waals surface area (Å²) in [6.07, 6.45) is 3.42. The Morgan fingerprint density at radius 3 is 2.90 bits per heavy atom. The Labute approximate surface area is 120 Å². The minimum absolute atomic E-state index is 0.00477. The molecule has 2 atom stereocenters. The highest BCUT2D eigenvalue weighted by Gasteiger charge is 2.27. The highest BCUT2D eigenvalue weighted by Crippen LogP contribution is 2.20. The summed E-state index contributed by atoms with van der Waals surface area (Å²) in [6, 6.07) is 0.404. The van der Waals surface area contributed by atoms with Crippen LogP contribution in [0.4, 0.5) is 5.69 Å². The van der Waals surface area contributed by atoms with Gasteiger partial charge in [0.15, 0.2) is 0 Å². The smallest absolute Gasteiger partial charge is 0.238 e. The molecule has 6 heteroatoms. The molecule has 2 unspecified atom stereocenters. The minimum atomic E-state index is 0.00477. The number of nitrogens with two attached hydrogens (primary N) is 1. The van der Waals surface area contributed by atoms with Crippen LogP contribution in [0.2, 0.25) is 0 Å². The van der Waals surface area contributed by atoms with Gasteiger partial charge in [0, 0.05) is 12.1 Å². The van der Waals surface area contributed by atoms with Gasteiger partial charge in [0.05, 0.1) is 23.6 Å². The molecule has 112 valence electrons. The molecule has 0 saturated carbocycles. The molecule has 2 heterocycles. The fourth-order valence-electron chi connectivity index (χ4n) is 2.91. The van der Waals surface area contributed by atoms with Crippen LogP contribution < -0.4 is 11.1 Å². The van der Waals surface area contributed by atoms with Gasteiger partial charge in [-0.25, -0.2) is 0 Å². The summed E-state index contributed by atoms with van der Waals surface area (Å²) in [4.78, 5) is 14.4. The molecule has 1 saturated heterocycles. The number of hydrogen-bond acceptors (Lipinski definition) is 4. The number of carbonyl (C=O) groups is 1. The van der Waals surface area contributed by atoms with Crippen LogP contribution in [-0.4, -0.2) is 46.2 Å². The Hall–Kier alpha value is -1.40. The van der Waals surface area contributed by atoms with E-state index in [1.807, 2.05) is 20.8 Å². The van der Waals surface area contributed by atoms with Gasteiger partial charge in [-0.2, -0.15) is 5.10 Å². The molecule has 20 heavy (non-hydrogen) atoms. The maximum Gasteiger partial charge on any atom is 0.238 e. The number of nitrogens with zero attached hydrogens (tertiary/aromatic N) is 2. The molecule has 2 rings (SSSR count). The van der Waals surface area contributed by atoms with Gasteiger partial charge in [-0.1, -0.05) is 6.42 Å². The van der Waals surface area contributed by atoms with E-state index in [-0.39, 0.29) is 11.9 Å². The molecular weight excluding hydrogens is 254 g/mol. The van der Waals surface area contributed by atoms with Gasteiger partial charge >= 0.3 is 0 Å². The fourth-order valence-corrected chi connectivity index (χ4v) is 2.91. The van der Waals surface area contributed by atoms with Crippen molar-refractivity contribution in [1.82, 2.24) is 15.1 Å². The number of carbonyl (C=O) groups excluding carboxylic acids is 1. The van der Waals surface area contributed by atoms with E-state index >= 15 is 0 Å².